The molecule has 0 aromatic rings. The third-order valence-electron chi connectivity index (χ3n) is 4.92. The largest absolute Gasteiger partial charge is 0.478 e. The van der Waals surface area contributed by atoms with Gasteiger partial charge in [0, 0.05) is 25.2 Å². The molecule has 0 spiro atoms. The van der Waals surface area contributed by atoms with Gasteiger partial charge in [-0.3, -0.25) is 14.5 Å². The monoisotopic (exact) mass is 367 g/mol. The molecule has 1 fully saturated rings. The van der Waals surface area contributed by atoms with Gasteiger partial charge in [0.25, 0.3) is 0 Å². The predicted molar refractivity (Wildman–Crippen MR) is 101 cm³/mol. The number of likely N-dealkylation sites (N-methyl/N-ethyl adjacent to an activating group) is 1. The molecule has 7 heteroatoms. The summed E-state index contributed by atoms with van der Waals surface area (Å²) in [7, 11) is 1.61. The van der Waals surface area contributed by atoms with Crippen LogP contribution in [0.5, 0.6) is 0 Å². The van der Waals surface area contributed by atoms with Crippen LogP contribution in [0.25, 0.3) is 0 Å². The van der Waals surface area contributed by atoms with Gasteiger partial charge in [0.15, 0.2) is 0 Å². The lowest BCUT2D eigenvalue weighted by Gasteiger charge is -2.38. The Morgan fingerprint density at radius 3 is 2.50 bits per heavy atom. The first-order valence-corrected chi connectivity index (χ1v) is 9.40. The fourth-order valence-corrected chi connectivity index (χ4v) is 3.18. The maximum Gasteiger partial charge on any atom is 0.331 e. The van der Waals surface area contributed by atoms with Crippen molar-refractivity contribution < 1.29 is 19.5 Å². The number of hydrogen-bond donors (Lipinski definition) is 2. The van der Waals surface area contributed by atoms with E-state index in [1.54, 1.807) is 7.05 Å². The summed E-state index contributed by atoms with van der Waals surface area (Å²) in [6, 6.07) is -0.499. The minimum atomic E-state index is -1.00. The van der Waals surface area contributed by atoms with Crippen LogP contribution in [0, 0.1) is 0 Å². The Morgan fingerprint density at radius 1 is 1.31 bits per heavy atom. The summed E-state index contributed by atoms with van der Waals surface area (Å²) < 4.78 is 0. The molecule has 26 heavy (non-hydrogen) atoms. The minimum absolute atomic E-state index is 0.0933. The van der Waals surface area contributed by atoms with Gasteiger partial charge < -0.3 is 15.3 Å². The van der Waals surface area contributed by atoms with Crippen LogP contribution in [0.1, 0.15) is 53.4 Å². The first-order chi connectivity index (χ1) is 12.2. The van der Waals surface area contributed by atoms with Crippen LogP contribution in [0.15, 0.2) is 11.6 Å². The topological polar surface area (TPSA) is 90.0 Å². The number of likely N-dealkylation sites (tertiary alicyclic amines) is 1. The SMILES string of the molecule is CCC(NC(=O)C1CCCCN1C(C)C)C(=O)N(C)C/C=C(\C)C(=O)O. The quantitative estimate of drug-likeness (QED) is 0.637. The zero-order chi connectivity index (χ0) is 19.9. The van der Waals surface area contributed by atoms with E-state index in [-0.39, 0.29) is 36.0 Å². The highest BCUT2D eigenvalue weighted by atomic mass is 16.4. The van der Waals surface area contributed by atoms with Crippen molar-refractivity contribution in [3.63, 3.8) is 0 Å². The molecule has 0 aromatic heterocycles. The molecule has 0 aromatic carbocycles. The smallest absolute Gasteiger partial charge is 0.331 e. The molecule has 1 aliphatic rings. The van der Waals surface area contributed by atoms with Crippen molar-refractivity contribution in [2.24, 2.45) is 0 Å². The van der Waals surface area contributed by atoms with Crippen LogP contribution in [0.3, 0.4) is 0 Å². The predicted octanol–water partition coefficient (Wildman–Crippen LogP) is 1.63. The number of aliphatic carboxylic acids is 1. The summed E-state index contributed by atoms with van der Waals surface area (Å²) >= 11 is 0. The van der Waals surface area contributed by atoms with Crippen LogP contribution in [0.2, 0.25) is 0 Å². The summed E-state index contributed by atoms with van der Waals surface area (Å²) in [6.45, 7) is 8.61. The Hall–Kier alpha value is -1.89. The van der Waals surface area contributed by atoms with Gasteiger partial charge in [-0.1, -0.05) is 19.4 Å². The Labute approximate surface area is 156 Å². The molecular formula is C19H33N3O4. The average Bonchev–Trinajstić information content (AvgIpc) is 2.62. The Kier molecular flexibility index (Phi) is 8.78. The number of carboxylic acids is 1. The van der Waals surface area contributed by atoms with E-state index < -0.39 is 12.0 Å². The molecule has 7 nitrogen and oxygen atoms in total. The fraction of sp³-hybridized carbons (Fsp3) is 0.737. The first-order valence-electron chi connectivity index (χ1n) is 9.40. The van der Waals surface area contributed by atoms with Crippen molar-refractivity contribution in [3.05, 3.63) is 11.6 Å². The Bertz CT molecular complexity index is 545. The van der Waals surface area contributed by atoms with Crippen LogP contribution in [0.4, 0.5) is 0 Å². The summed E-state index contributed by atoms with van der Waals surface area (Å²) in [6.07, 6.45) is 4.91. The van der Waals surface area contributed by atoms with Crippen molar-refractivity contribution in [2.75, 3.05) is 20.1 Å². The molecule has 2 amide bonds. The van der Waals surface area contributed by atoms with E-state index in [2.05, 4.69) is 24.1 Å². The maximum atomic E-state index is 12.8. The molecule has 1 rings (SSSR count). The molecular weight excluding hydrogens is 334 g/mol. The van der Waals surface area contributed by atoms with Gasteiger partial charge in [-0.05, 0) is 46.6 Å². The highest BCUT2D eigenvalue weighted by Crippen LogP contribution is 2.20. The van der Waals surface area contributed by atoms with E-state index in [0.717, 1.165) is 25.8 Å². The standard InChI is InChI=1S/C19H33N3O4/c1-6-15(18(24)21(5)12-10-14(4)19(25)26)20-17(23)16-9-7-8-11-22(16)13(2)3/h10,13,15-16H,6-9,11-12H2,1-5H3,(H,20,23)(H,25,26)/b14-10+. The van der Waals surface area contributed by atoms with E-state index >= 15 is 0 Å². The van der Waals surface area contributed by atoms with Crippen molar-refractivity contribution in [2.45, 2.75) is 71.5 Å². The summed E-state index contributed by atoms with van der Waals surface area (Å²) in [5.74, 6) is -1.30. The van der Waals surface area contributed by atoms with Gasteiger partial charge in [0.2, 0.25) is 11.8 Å². The number of carbonyl (C=O) groups excluding carboxylic acids is 2. The third kappa shape index (κ3) is 6.12. The van der Waals surface area contributed by atoms with Crippen LogP contribution >= 0.6 is 0 Å². The number of carbonyl (C=O) groups is 3. The lowest BCUT2D eigenvalue weighted by atomic mass is 9.99. The van der Waals surface area contributed by atoms with Gasteiger partial charge >= 0.3 is 5.97 Å². The van der Waals surface area contributed by atoms with Gasteiger partial charge in [0.1, 0.15) is 6.04 Å². The highest BCUT2D eigenvalue weighted by molar-refractivity contribution is 5.90. The van der Waals surface area contributed by atoms with E-state index in [1.807, 2.05) is 6.92 Å². The molecule has 1 saturated heterocycles. The number of hydrogen-bond acceptors (Lipinski definition) is 4. The van der Waals surface area contributed by atoms with Crippen molar-refractivity contribution in [1.29, 1.82) is 0 Å². The van der Waals surface area contributed by atoms with E-state index in [4.69, 9.17) is 5.11 Å². The van der Waals surface area contributed by atoms with Gasteiger partial charge in [-0.2, -0.15) is 0 Å². The maximum absolute atomic E-state index is 12.8. The van der Waals surface area contributed by atoms with E-state index in [0.29, 0.717) is 6.42 Å². The number of nitrogens with zero attached hydrogens (tertiary/aromatic N) is 2. The number of rotatable bonds is 8. The van der Waals surface area contributed by atoms with Crippen LogP contribution in [-0.2, 0) is 14.4 Å². The average molecular weight is 367 g/mol. The molecule has 148 valence electrons. The molecule has 2 atom stereocenters. The highest BCUT2D eigenvalue weighted by Gasteiger charge is 2.32. The molecule has 0 saturated carbocycles. The lowest BCUT2D eigenvalue weighted by Crippen LogP contribution is -2.56. The zero-order valence-corrected chi connectivity index (χ0v) is 16.6. The number of nitrogens with one attached hydrogen (secondary N) is 1. The molecule has 1 heterocycles. The zero-order valence-electron chi connectivity index (χ0n) is 16.6. The Morgan fingerprint density at radius 2 is 1.96 bits per heavy atom. The first kappa shape index (κ1) is 22.2. The second kappa shape index (κ2) is 10.3. The summed E-state index contributed by atoms with van der Waals surface area (Å²) in [4.78, 5) is 39.8. The summed E-state index contributed by atoms with van der Waals surface area (Å²) in [5, 5.41) is 11.8. The number of piperidine rings is 1. The summed E-state index contributed by atoms with van der Waals surface area (Å²) in [5.41, 5.74) is 0.191. The second-order valence-corrected chi connectivity index (χ2v) is 7.22. The number of amides is 2. The van der Waals surface area contributed by atoms with Gasteiger partial charge in [-0.15, -0.1) is 0 Å². The molecule has 1 aliphatic heterocycles. The van der Waals surface area contributed by atoms with Gasteiger partial charge in [0.05, 0.1) is 6.04 Å². The molecule has 0 radical (unpaired) electrons. The van der Waals surface area contributed by atoms with Crippen molar-refractivity contribution in [1.82, 2.24) is 15.1 Å². The van der Waals surface area contributed by atoms with Crippen LogP contribution in [-0.4, -0.2) is 71.0 Å². The third-order valence-corrected chi connectivity index (χ3v) is 4.92. The lowest BCUT2D eigenvalue weighted by molar-refractivity contribution is -0.137. The van der Waals surface area contributed by atoms with Crippen molar-refractivity contribution in [3.8, 4) is 0 Å². The normalized spacial score (nSPS) is 19.9. The molecule has 2 N–H and O–H groups in total. The molecule has 0 bridgehead atoms. The van der Waals surface area contributed by atoms with Crippen LogP contribution < -0.4 is 5.32 Å². The second-order valence-electron chi connectivity index (χ2n) is 7.22. The number of carboxylic acid groups (broad SMARTS) is 1. The fourth-order valence-electron chi connectivity index (χ4n) is 3.18. The molecule has 0 aliphatic carbocycles. The minimum Gasteiger partial charge on any atom is -0.478 e. The Balaban J connectivity index is 2.72. The van der Waals surface area contributed by atoms with Crippen molar-refractivity contribution >= 4 is 17.8 Å². The van der Waals surface area contributed by atoms with E-state index in [9.17, 15) is 14.4 Å². The molecule has 2 unspecified atom stereocenters. The van der Waals surface area contributed by atoms with Gasteiger partial charge in [-0.25, -0.2) is 4.79 Å². The van der Waals surface area contributed by atoms with E-state index in [1.165, 1.54) is 17.9 Å².